The Morgan fingerprint density at radius 1 is 1.14 bits per heavy atom. The molecule has 5 nitrogen and oxygen atoms in total. The summed E-state index contributed by atoms with van der Waals surface area (Å²) in [5, 5.41) is 11.8. The van der Waals surface area contributed by atoms with Crippen LogP contribution in [-0.4, -0.2) is 20.4 Å². The van der Waals surface area contributed by atoms with E-state index in [0.717, 1.165) is 0 Å². The van der Waals surface area contributed by atoms with Crippen molar-refractivity contribution < 1.29 is 0 Å². The van der Waals surface area contributed by atoms with Crippen molar-refractivity contribution in [2.45, 2.75) is 0 Å². The molecule has 5 heteroatoms. The van der Waals surface area contributed by atoms with Gasteiger partial charge in [0.25, 0.3) is 0 Å². The lowest BCUT2D eigenvalue weighted by Crippen LogP contribution is -1.98. The molecule has 2 aromatic heterocycles. The van der Waals surface area contributed by atoms with Crippen LogP contribution in [-0.2, 0) is 0 Å². The molecule has 0 bridgehead atoms. The summed E-state index contributed by atoms with van der Waals surface area (Å²) in [6, 6.07) is 1.41. The Morgan fingerprint density at radius 2 is 2.07 bits per heavy atom. The van der Waals surface area contributed by atoms with Crippen LogP contribution in [0, 0.1) is 0 Å². The van der Waals surface area contributed by atoms with E-state index in [9.17, 15) is 4.79 Å². The number of aromatic nitrogens is 4. The van der Waals surface area contributed by atoms with Gasteiger partial charge in [-0.05, 0) is 17.4 Å². The highest BCUT2D eigenvalue weighted by Crippen LogP contribution is 2.22. The fourth-order valence-corrected chi connectivity index (χ4v) is 1.51. The zero-order chi connectivity index (χ0) is 9.54. The van der Waals surface area contributed by atoms with E-state index in [1.54, 1.807) is 12.2 Å². The maximum Gasteiger partial charge on any atom is 0.188 e. The van der Waals surface area contributed by atoms with Crippen molar-refractivity contribution in [2.24, 2.45) is 0 Å². The summed E-state index contributed by atoms with van der Waals surface area (Å²) in [6.45, 7) is 0. The van der Waals surface area contributed by atoms with Crippen LogP contribution in [0.5, 0.6) is 0 Å². The highest BCUT2D eigenvalue weighted by atomic mass is 16.1. The van der Waals surface area contributed by atoms with E-state index >= 15 is 0 Å². The summed E-state index contributed by atoms with van der Waals surface area (Å²) >= 11 is 0. The number of rotatable bonds is 0. The van der Waals surface area contributed by atoms with Crippen LogP contribution in [0.15, 0.2) is 17.1 Å². The monoisotopic (exact) mass is 184 g/mol. The molecule has 0 fully saturated rings. The number of nitrogens with zero attached hydrogens (tertiary/aromatic N) is 4. The van der Waals surface area contributed by atoms with Crippen LogP contribution in [0.3, 0.4) is 0 Å². The Morgan fingerprint density at radius 3 is 3.00 bits per heavy atom. The Bertz CT molecular complexity index is 621. The minimum absolute atomic E-state index is 0.0719. The van der Waals surface area contributed by atoms with Gasteiger partial charge in [0.05, 0.1) is 11.1 Å². The first kappa shape index (κ1) is 7.25. The molecule has 14 heavy (non-hydrogen) atoms. The molecule has 0 spiro atoms. The molecule has 66 valence electrons. The normalized spacial score (nSPS) is 12.3. The predicted molar refractivity (Wildman–Crippen MR) is 50.3 cm³/mol. The van der Waals surface area contributed by atoms with E-state index in [0.29, 0.717) is 22.3 Å². The number of hydrogen-bond acceptors (Lipinski definition) is 5. The highest BCUT2D eigenvalue weighted by molar-refractivity contribution is 5.99. The maximum absolute atomic E-state index is 11.5. The van der Waals surface area contributed by atoms with E-state index in [4.69, 9.17) is 0 Å². The molecule has 1 aliphatic rings. The smallest absolute Gasteiger partial charge is 0.188 e. The van der Waals surface area contributed by atoms with Crippen molar-refractivity contribution in [1.29, 1.82) is 0 Å². The van der Waals surface area contributed by atoms with Gasteiger partial charge < -0.3 is 0 Å². The zero-order valence-electron chi connectivity index (χ0n) is 7.01. The summed E-state index contributed by atoms with van der Waals surface area (Å²) in [4.78, 5) is 15.5. The molecule has 0 aliphatic heterocycles. The highest BCUT2D eigenvalue weighted by Gasteiger charge is 2.13. The molecule has 0 atom stereocenters. The third-order valence-electron chi connectivity index (χ3n) is 2.14. The molecular weight excluding hydrogens is 180 g/mol. The van der Waals surface area contributed by atoms with Crippen LogP contribution < -0.4 is 5.43 Å². The number of hydrogen-bond donors (Lipinski definition) is 0. The van der Waals surface area contributed by atoms with Crippen LogP contribution >= 0.6 is 0 Å². The van der Waals surface area contributed by atoms with Gasteiger partial charge in [0.2, 0.25) is 0 Å². The minimum atomic E-state index is -0.0719. The van der Waals surface area contributed by atoms with Gasteiger partial charge in [0, 0.05) is 17.8 Å². The molecule has 2 aromatic rings. The quantitative estimate of drug-likeness (QED) is 0.501. The average molecular weight is 184 g/mol. The van der Waals surface area contributed by atoms with Crippen molar-refractivity contribution in [3.05, 3.63) is 33.7 Å². The minimum Gasteiger partial charge on any atom is -0.289 e. The van der Waals surface area contributed by atoms with Crippen molar-refractivity contribution in [2.75, 3.05) is 0 Å². The fourth-order valence-electron chi connectivity index (χ4n) is 1.51. The first-order valence-electron chi connectivity index (χ1n) is 4.07. The SMILES string of the molecule is O=c1ccnc2nnnc3c2c1C=C3. The molecule has 3 rings (SSSR count). The third-order valence-corrected chi connectivity index (χ3v) is 2.14. The largest absolute Gasteiger partial charge is 0.289 e. The molecule has 0 unspecified atom stereocenters. The zero-order valence-corrected chi connectivity index (χ0v) is 7.01. The molecule has 0 saturated heterocycles. The van der Waals surface area contributed by atoms with E-state index < -0.39 is 0 Å². The Balaban J connectivity index is 2.71. The van der Waals surface area contributed by atoms with Crippen LogP contribution in [0.1, 0.15) is 11.3 Å². The molecule has 2 heterocycles. The lowest BCUT2D eigenvalue weighted by atomic mass is 10.2. The molecule has 0 radical (unpaired) electrons. The van der Waals surface area contributed by atoms with Gasteiger partial charge in [-0.1, -0.05) is 0 Å². The molecule has 0 amide bonds. The van der Waals surface area contributed by atoms with Crippen molar-refractivity contribution >= 4 is 23.2 Å². The van der Waals surface area contributed by atoms with Crippen LogP contribution in [0.4, 0.5) is 0 Å². The summed E-state index contributed by atoms with van der Waals surface area (Å²) < 4.78 is 0. The Kier molecular flexibility index (Phi) is 1.25. The fraction of sp³-hybridized carbons (Fsp3) is 0. The molecular formula is C9H4N4O. The second-order valence-electron chi connectivity index (χ2n) is 2.93. The van der Waals surface area contributed by atoms with E-state index in [1.165, 1.54) is 12.3 Å². The van der Waals surface area contributed by atoms with Gasteiger partial charge >= 0.3 is 0 Å². The van der Waals surface area contributed by atoms with Gasteiger partial charge in [-0.25, -0.2) is 4.98 Å². The van der Waals surface area contributed by atoms with Gasteiger partial charge in [-0.15, -0.1) is 10.2 Å². The van der Waals surface area contributed by atoms with Gasteiger partial charge in [-0.2, -0.15) is 0 Å². The summed E-state index contributed by atoms with van der Waals surface area (Å²) in [6.07, 6.45) is 4.90. The third kappa shape index (κ3) is 0.806. The standard InChI is InChI=1S/C9H4N4O/c14-7-3-4-10-9-8-5(7)1-2-6(8)11-13-12-9/h1-4H. The average Bonchev–Trinajstić information content (AvgIpc) is 2.54. The van der Waals surface area contributed by atoms with Gasteiger partial charge in [-0.3, -0.25) is 4.79 Å². The Labute approximate surface area is 78.1 Å². The predicted octanol–water partition coefficient (Wildman–Crippen LogP) is 0.264. The molecule has 0 aromatic carbocycles. The lowest BCUT2D eigenvalue weighted by molar-refractivity contribution is 0.881. The van der Waals surface area contributed by atoms with Crippen LogP contribution in [0.2, 0.25) is 0 Å². The summed E-state index contributed by atoms with van der Waals surface area (Å²) in [5.74, 6) is 0. The van der Waals surface area contributed by atoms with Gasteiger partial charge in [0.15, 0.2) is 11.1 Å². The topological polar surface area (TPSA) is 68.6 Å². The summed E-state index contributed by atoms with van der Waals surface area (Å²) in [5.41, 5.74) is 1.63. The van der Waals surface area contributed by atoms with Gasteiger partial charge in [0.1, 0.15) is 0 Å². The Hall–Kier alpha value is -2.17. The van der Waals surface area contributed by atoms with E-state index in [1.807, 2.05) is 0 Å². The van der Waals surface area contributed by atoms with Crippen molar-refractivity contribution in [1.82, 2.24) is 20.4 Å². The second kappa shape index (κ2) is 2.41. The molecule has 0 saturated carbocycles. The lowest BCUT2D eigenvalue weighted by Gasteiger charge is -1.90. The van der Waals surface area contributed by atoms with E-state index in [2.05, 4.69) is 20.4 Å². The first-order chi connectivity index (χ1) is 6.86. The maximum atomic E-state index is 11.5. The molecule has 1 aliphatic carbocycles. The summed E-state index contributed by atoms with van der Waals surface area (Å²) in [7, 11) is 0. The van der Waals surface area contributed by atoms with E-state index in [-0.39, 0.29) is 5.43 Å². The van der Waals surface area contributed by atoms with Crippen LogP contribution in [0.25, 0.3) is 23.2 Å². The molecule has 0 N–H and O–H groups in total. The first-order valence-corrected chi connectivity index (χ1v) is 4.07. The van der Waals surface area contributed by atoms with Crippen molar-refractivity contribution in [3.8, 4) is 0 Å². The second-order valence-corrected chi connectivity index (χ2v) is 2.93. The van der Waals surface area contributed by atoms with Crippen molar-refractivity contribution in [3.63, 3.8) is 0 Å².